The van der Waals surface area contributed by atoms with E-state index in [9.17, 15) is 14.0 Å². The summed E-state index contributed by atoms with van der Waals surface area (Å²) < 4.78 is 14.8. The Kier molecular flexibility index (Phi) is 3.92. The van der Waals surface area contributed by atoms with Crippen molar-refractivity contribution in [2.24, 2.45) is 0 Å². The van der Waals surface area contributed by atoms with E-state index in [4.69, 9.17) is 0 Å². The van der Waals surface area contributed by atoms with Gasteiger partial charge in [0, 0.05) is 5.56 Å². The highest BCUT2D eigenvalue weighted by Crippen LogP contribution is 2.29. The second kappa shape index (κ2) is 6.40. The zero-order valence-corrected chi connectivity index (χ0v) is 13.5. The van der Waals surface area contributed by atoms with E-state index in [1.165, 1.54) is 18.2 Å². The molecule has 0 radical (unpaired) electrons. The monoisotopic (exact) mass is 351 g/mol. The minimum absolute atomic E-state index is 0.0393. The SMILES string of the molecule is O=C1C[C@@H](c2ccccc2)n2nc(NC(=O)c3cccc(F)c3)nc2N1. The van der Waals surface area contributed by atoms with Crippen LogP contribution >= 0.6 is 0 Å². The van der Waals surface area contributed by atoms with Gasteiger partial charge in [0.25, 0.3) is 11.9 Å². The van der Waals surface area contributed by atoms with E-state index in [0.29, 0.717) is 0 Å². The van der Waals surface area contributed by atoms with Gasteiger partial charge < -0.3 is 0 Å². The van der Waals surface area contributed by atoms with Crippen LogP contribution in [0.1, 0.15) is 28.4 Å². The molecule has 0 bridgehead atoms. The van der Waals surface area contributed by atoms with Gasteiger partial charge in [-0.2, -0.15) is 4.98 Å². The summed E-state index contributed by atoms with van der Waals surface area (Å²) in [4.78, 5) is 28.4. The number of amides is 2. The van der Waals surface area contributed by atoms with Crippen molar-refractivity contribution in [3.8, 4) is 0 Å². The Bertz CT molecular complexity index is 986. The molecule has 26 heavy (non-hydrogen) atoms. The lowest BCUT2D eigenvalue weighted by Crippen LogP contribution is -2.29. The summed E-state index contributed by atoms with van der Waals surface area (Å²) in [6.45, 7) is 0. The Morgan fingerprint density at radius 1 is 1.19 bits per heavy atom. The number of carbonyl (C=O) groups excluding carboxylic acids is 2. The molecule has 0 spiro atoms. The highest BCUT2D eigenvalue weighted by Gasteiger charge is 2.29. The molecule has 2 amide bonds. The van der Waals surface area contributed by atoms with E-state index >= 15 is 0 Å². The van der Waals surface area contributed by atoms with Crippen molar-refractivity contribution >= 4 is 23.7 Å². The summed E-state index contributed by atoms with van der Waals surface area (Å²) in [6, 6.07) is 14.5. The normalized spacial score (nSPS) is 15.9. The first kappa shape index (κ1) is 15.9. The Morgan fingerprint density at radius 2 is 2.00 bits per heavy atom. The topological polar surface area (TPSA) is 88.9 Å². The Balaban J connectivity index is 1.63. The fraction of sp³-hybridized carbons (Fsp3) is 0.111. The molecular weight excluding hydrogens is 337 g/mol. The minimum atomic E-state index is -0.532. The third-order valence-corrected chi connectivity index (χ3v) is 4.05. The van der Waals surface area contributed by atoms with Gasteiger partial charge in [0.15, 0.2) is 0 Å². The van der Waals surface area contributed by atoms with Crippen LogP contribution in [-0.4, -0.2) is 26.6 Å². The van der Waals surface area contributed by atoms with E-state index in [0.717, 1.165) is 11.6 Å². The van der Waals surface area contributed by atoms with E-state index in [-0.39, 0.29) is 35.8 Å². The predicted octanol–water partition coefficient (Wildman–Crippen LogP) is 2.60. The van der Waals surface area contributed by atoms with Gasteiger partial charge in [-0.05, 0) is 23.8 Å². The third-order valence-electron chi connectivity index (χ3n) is 4.05. The van der Waals surface area contributed by atoms with Crippen LogP contribution in [-0.2, 0) is 4.79 Å². The van der Waals surface area contributed by atoms with Gasteiger partial charge in [-0.15, -0.1) is 5.10 Å². The number of hydrogen-bond acceptors (Lipinski definition) is 4. The van der Waals surface area contributed by atoms with Crippen molar-refractivity contribution in [2.75, 3.05) is 10.6 Å². The Morgan fingerprint density at radius 3 is 2.77 bits per heavy atom. The molecule has 7 nitrogen and oxygen atoms in total. The van der Waals surface area contributed by atoms with Crippen molar-refractivity contribution in [2.45, 2.75) is 12.5 Å². The molecule has 1 aliphatic rings. The Hall–Kier alpha value is -3.55. The first-order chi connectivity index (χ1) is 12.6. The second-order valence-corrected chi connectivity index (χ2v) is 5.85. The van der Waals surface area contributed by atoms with Crippen LogP contribution in [0.4, 0.5) is 16.3 Å². The van der Waals surface area contributed by atoms with Gasteiger partial charge >= 0.3 is 0 Å². The largest absolute Gasteiger partial charge is 0.295 e. The number of nitrogens with one attached hydrogen (secondary N) is 2. The van der Waals surface area contributed by atoms with E-state index < -0.39 is 11.7 Å². The molecule has 0 saturated heterocycles. The number of rotatable bonds is 3. The van der Waals surface area contributed by atoms with Gasteiger partial charge in [0.2, 0.25) is 11.9 Å². The number of benzene rings is 2. The van der Waals surface area contributed by atoms with Gasteiger partial charge in [-0.3, -0.25) is 20.2 Å². The van der Waals surface area contributed by atoms with Crippen molar-refractivity contribution in [1.82, 2.24) is 14.8 Å². The van der Waals surface area contributed by atoms with Crippen LogP contribution in [0.5, 0.6) is 0 Å². The molecule has 1 atom stereocenters. The molecule has 0 fully saturated rings. The highest BCUT2D eigenvalue weighted by atomic mass is 19.1. The molecule has 0 aliphatic carbocycles. The summed E-state index contributed by atoms with van der Waals surface area (Å²) in [5.41, 5.74) is 1.07. The van der Waals surface area contributed by atoms with Crippen LogP contribution in [0.3, 0.4) is 0 Å². The molecule has 1 aromatic heterocycles. The van der Waals surface area contributed by atoms with Crippen LogP contribution in [0.15, 0.2) is 54.6 Å². The second-order valence-electron chi connectivity index (χ2n) is 5.85. The number of fused-ring (bicyclic) bond motifs is 1. The standard InChI is InChI=1S/C18H14FN5O2/c19-13-8-4-7-12(9-13)16(26)21-17-22-18-20-15(25)10-14(24(18)23-17)11-5-2-1-3-6-11/h1-9,14H,10H2,(H2,20,21,22,23,25,26)/t14-/m0/s1. The minimum Gasteiger partial charge on any atom is -0.295 e. The number of anilines is 2. The van der Waals surface area contributed by atoms with Crippen LogP contribution < -0.4 is 10.6 Å². The first-order valence-corrected chi connectivity index (χ1v) is 7.98. The third kappa shape index (κ3) is 3.04. The quantitative estimate of drug-likeness (QED) is 0.759. The fourth-order valence-corrected chi connectivity index (χ4v) is 2.85. The van der Waals surface area contributed by atoms with Crippen LogP contribution in [0, 0.1) is 5.82 Å². The smallest absolute Gasteiger partial charge is 0.258 e. The maximum Gasteiger partial charge on any atom is 0.258 e. The molecule has 130 valence electrons. The summed E-state index contributed by atoms with van der Waals surface area (Å²) in [6.07, 6.45) is 0.220. The van der Waals surface area contributed by atoms with Crippen molar-refractivity contribution in [1.29, 1.82) is 0 Å². The lowest BCUT2D eigenvalue weighted by Gasteiger charge is -2.23. The number of hydrogen-bond donors (Lipinski definition) is 2. The average molecular weight is 351 g/mol. The van der Waals surface area contributed by atoms with Crippen LogP contribution in [0.25, 0.3) is 0 Å². The maximum atomic E-state index is 13.3. The number of halogens is 1. The summed E-state index contributed by atoms with van der Waals surface area (Å²) >= 11 is 0. The van der Waals surface area contributed by atoms with Gasteiger partial charge in [-0.1, -0.05) is 36.4 Å². The number of aromatic nitrogens is 3. The van der Waals surface area contributed by atoms with Gasteiger partial charge in [-0.25, -0.2) is 9.07 Å². The molecule has 4 rings (SSSR count). The predicted molar refractivity (Wildman–Crippen MR) is 92.2 cm³/mol. The lowest BCUT2D eigenvalue weighted by molar-refractivity contribution is -0.117. The number of carbonyl (C=O) groups is 2. The molecular formula is C18H14FN5O2. The molecule has 2 heterocycles. The van der Waals surface area contributed by atoms with Gasteiger partial charge in [0.05, 0.1) is 12.5 Å². The Labute approximate surface area is 147 Å². The summed E-state index contributed by atoms with van der Waals surface area (Å²) in [7, 11) is 0. The van der Waals surface area contributed by atoms with E-state index in [1.54, 1.807) is 4.68 Å². The highest BCUT2D eigenvalue weighted by molar-refractivity contribution is 6.03. The molecule has 2 aromatic carbocycles. The number of nitrogens with zero attached hydrogens (tertiary/aromatic N) is 3. The average Bonchev–Trinajstić information content (AvgIpc) is 3.03. The van der Waals surface area contributed by atoms with E-state index in [1.807, 2.05) is 30.3 Å². The van der Waals surface area contributed by atoms with Crippen molar-refractivity contribution < 1.29 is 14.0 Å². The zero-order valence-electron chi connectivity index (χ0n) is 13.5. The molecule has 2 N–H and O–H groups in total. The zero-order chi connectivity index (χ0) is 18.1. The molecule has 3 aromatic rings. The summed E-state index contributed by atoms with van der Waals surface area (Å²) in [5, 5.41) is 9.47. The molecule has 8 heteroatoms. The fourth-order valence-electron chi connectivity index (χ4n) is 2.85. The first-order valence-electron chi connectivity index (χ1n) is 7.98. The van der Waals surface area contributed by atoms with Crippen molar-refractivity contribution in [3.05, 3.63) is 71.5 Å². The molecule has 0 unspecified atom stereocenters. The summed E-state index contributed by atoms with van der Waals surface area (Å²) in [5.74, 6) is -0.926. The lowest BCUT2D eigenvalue weighted by atomic mass is 10.0. The molecule has 0 saturated carbocycles. The van der Waals surface area contributed by atoms with Crippen molar-refractivity contribution in [3.63, 3.8) is 0 Å². The van der Waals surface area contributed by atoms with Crippen LogP contribution in [0.2, 0.25) is 0 Å². The van der Waals surface area contributed by atoms with Gasteiger partial charge in [0.1, 0.15) is 5.82 Å². The molecule has 1 aliphatic heterocycles. The maximum absolute atomic E-state index is 13.3. The van der Waals surface area contributed by atoms with E-state index in [2.05, 4.69) is 20.7 Å².